The number of nitrogens with zero attached hydrogens (tertiary/aromatic N) is 2. The summed E-state index contributed by atoms with van der Waals surface area (Å²) in [4.78, 5) is 22.5. The highest BCUT2D eigenvalue weighted by Gasteiger charge is 2.11. The van der Waals surface area contributed by atoms with Gasteiger partial charge in [0.2, 0.25) is 0 Å². The van der Waals surface area contributed by atoms with Crippen LogP contribution in [0.2, 0.25) is 0 Å². The number of aromatic nitrogens is 3. The van der Waals surface area contributed by atoms with Crippen LogP contribution in [0, 0.1) is 0 Å². The normalized spacial score (nSPS) is 10.1. The molecule has 1 N–H and O–H groups in total. The third-order valence-corrected chi connectivity index (χ3v) is 2.63. The molecule has 0 saturated carbocycles. The average molecular weight is 209 g/mol. The summed E-state index contributed by atoms with van der Waals surface area (Å²) in [5, 5.41) is 0.725. The number of thiazole rings is 1. The summed E-state index contributed by atoms with van der Waals surface area (Å²) in [6.45, 7) is 0. The van der Waals surface area contributed by atoms with Crippen LogP contribution in [0.15, 0.2) is 18.7 Å². The van der Waals surface area contributed by atoms with Crippen molar-refractivity contribution >= 4 is 17.3 Å². The van der Waals surface area contributed by atoms with Crippen molar-refractivity contribution in [2.75, 3.05) is 7.11 Å². The highest BCUT2D eigenvalue weighted by molar-refractivity contribution is 7.16. The van der Waals surface area contributed by atoms with E-state index < -0.39 is 0 Å². The second-order valence-electron chi connectivity index (χ2n) is 2.49. The number of aromatic amines is 1. The molecule has 0 aliphatic carbocycles. The van der Waals surface area contributed by atoms with Crippen LogP contribution in [-0.4, -0.2) is 28.0 Å². The maximum absolute atomic E-state index is 11.1. The van der Waals surface area contributed by atoms with Gasteiger partial charge in [0.25, 0.3) is 0 Å². The summed E-state index contributed by atoms with van der Waals surface area (Å²) in [5.41, 5.74) is 0.796. The van der Waals surface area contributed by atoms with Gasteiger partial charge in [-0.2, -0.15) is 0 Å². The molecular formula is C8H7N3O2S. The van der Waals surface area contributed by atoms with E-state index in [4.69, 9.17) is 0 Å². The standard InChI is InChI=1S/C8H7N3O2S/c1-13-8(12)6-3-10-7(14-6)5-2-9-4-11-5/h2-4H,1H3,(H,9,11). The Kier molecular flexibility index (Phi) is 2.28. The average Bonchev–Trinajstić information content (AvgIpc) is 2.86. The minimum atomic E-state index is -0.367. The maximum atomic E-state index is 11.1. The van der Waals surface area contributed by atoms with Crippen molar-refractivity contribution in [3.05, 3.63) is 23.6 Å². The SMILES string of the molecule is COC(=O)c1cnc(-c2cnc[nH]2)s1. The molecule has 0 saturated heterocycles. The summed E-state index contributed by atoms with van der Waals surface area (Å²) in [6.07, 6.45) is 4.71. The first kappa shape index (κ1) is 8.89. The van der Waals surface area contributed by atoms with Crippen molar-refractivity contribution in [1.29, 1.82) is 0 Å². The van der Waals surface area contributed by atoms with E-state index in [0.717, 1.165) is 10.7 Å². The molecule has 0 spiro atoms. The molecule has 0 aliphatic heterocycles. The Bertz CT molecular complexity index is 435. The Morgan fingerprint density at radius 2 is 2.43 bits per heavy atom. The summed E-state index contributed by atoms with van der Waals surface area (Å²) < 4.78 is 4.57. The largest absolute Gasteiger partial charge is 0.465 e. The van der Waals surface area contributed by atoms with E-state index in [9.17, 15) is 4.79 Å². The number of rotatable bonds is 2. The van der Waals surface area contributed by atoms with E-state index in [0.29, 0.717) is 4.88 Å². The molecule has 14 heavy (non-hydrogen) atoms. The molecule has 5 nitrogen and oxygen atoms in total. The van der Waals surface area contributed by atoms with Gasteiger partial charge in [-0.1, -0.05) is 0 Å². The first-order valence-corrected chi connectivity index (χ1v) is 4.66. The number of esters is 1. The van der Waals surface area contributed by atoms with E-state index in [2.05, 4.69) is 19.7 Å². The number of methoxy groups -OCH3 is 1. The number of carbonyl (C=O) groups excluding carboxylic acids is 1. The Balaban J connectivity index is 2.31. The van der Waals surface area contributed by atoms with Gasteiger partial charge >= 0.3 is 5.97 Å². The lowest BCUT2D eigenvalue weighted by molar-refractivity contribution is 0.0606. The number of nitrogens with one attached hydrogen (secondary N) is 1. The van der Waals surface area contributed by atoms with Crippen LogP contribution in [-0.2, 0) is 4.74 Å². The minimum absolute atomic E-state index is 0.367. The third kappa shape index (κ3) is 1.51. The van der Waals surface area contributed by atoms with Crippen molar-refractivity contribution in [1.82, 2.24) is 15.0 Å². The van der Waals surface area contributed by atoms with Gasteiger partial charge < -0.3 is 9.72 Å². The fraction of sp³-hybridized carbons (Fsp3) is 0.125. The van der Waals surface area contributed by atoms with Crippen LogP contribution in [0.5, 0.6) is 0 Å². The summed E-state index contributed by atoms with van der Waals surface area (Å²) in [5.74, 6) is -0.367. The Morgan fingerprint density at radius 3 is 3.07 bits per heavy atom. The van der Waals surface area contributed by atoms with E-state index in [1.54, 1.807) is 12.5 Å². The molecule has 0 amide bonds. The van der Waals surface area contributed by atoms with Gasteiger partial charge in [0, 0.05) is 0 Å². The van der Waals surface area contributed by atoms with Crippen LogP contribution in [0.3, 0.4) is 0 Å². The number of ether oxygens (including phenoxy) is 1. The van der Waals surface area contributed by atoms with Gasteiger partial charge in [-0.3, -0.25) is 0 Å². The Morgan fingerprint density at radius 1 is 1.57 bits per heavy atom. The molecule has 0 radical (unpaired) electrons. The Labute approximate surface area is 83.8 Å². The molecular weight excluding hydrogens is 202 g/mol. The van der Waals surface area contributed by atoms with Gasteiger partial charge in [0.05, 0.1) is 31.5 Å². The molecule has 0 atom stereocenters. The number of H-pyrrole nitrogens is 1. The number of hydrogen-bond donors (Lipinski definition) is 1. The molecule has 2 aromatic heterocycles. The van der Waals surface area contributed by atoms with E-state index in [1.807, 2.05) is 0 Å². The molecule has 72 valence electrons. The quantitative estimate of drug-likeness (QED) is 0.757. The predicted octanol–water partition coefficient (Wildman–Crippen LogP) is 1.32. The van der Waals surface area contributed by atoms with E-state index in [-0.39, 0.29) is 5.97 Å². The first-order chi connectivity index (χ1) is 6.81. The van der Waals surface area contributed by atoms with E-state index in [1.165, 1.54) is 24.6 Å². The molecule has 0 bridgehead atoms. The maximum Gasteiger partial charge on any atom is 0.349 e. The zero-order valence-corrected chi connectivity index (χ0v) is 8.17. The fourth-order valence-electron chi connectivity index (χ4n) is 0.966. The predicted molar refractivity (Wildman–Crippen MR) is 51.0 cm³/mol. The molecule has 2 rings (SSSR count). The van der Waals surface area contributed by atoms with Crippen molar-refractivity contribution < 1.29 is 9.53 Å². The molecule has 0 aliphatic rings. The van der Waals surface area contributed by atoms with Gasteiger partial charge in [-0.25, -0.2) is 14.8 Å². The number of hydrogen-bond acceptors (Lipinski definition) is 5. The van der Waals surface area contributed by atoms with Crippen molar-refractivity contribution in [2.45, 2.75) is 0 Å². The number of imidazole rings is 1. The second kappa shape index (κ2) is 3.59. The highest BCUT2D eigenvalue weighted by atomic mass is 32.1. The molecule has 0 aromatic carbocycles. The van der Waals surface area contributed by atoms with Crippen molar-refractivity contribution in [3.8, 4) is 10.7 Å². The van der Waals surface area contributed by atoms with Crippen LogP contribution in [0.25, 0.3) is 10.7 Å². The summed E-state index contributed by atoms with van der Waals surface area (Å²) in [7, 11) is 1.35. The zero-order valence-electron chi connectivity index (χ0n) is 7.35. The lowest BCUT2D eigenvalue weighted by atomic mass is 10.5. The summed E-state index contributed by atoms with van der Waals surface area (Å²) >= 11 is 1.27. The van der Waals surface area contributed by atoms with Crippen LogP contribution < -0.4 is 0 Å². The van der Waals surface area contributed by atoms with Crippen LogP contribution >= 0.6 is 11.3 Å². The molecule has 6 heteroatoms. The second-order valence-corrected chi connectivity index (χ2v) is 3.52. The van der Waals surface area contributed by atoms with Gasteiger partial charge in [-0.05, 0) is 0 Å². The van der Waals surface area contributed by atoms with Crippen LogP contribution in [0.1, 0.15) is 9.67 Å². The van der Waals surface area contributed by atoms with Gasteiger partial charge in [-0.15, -0.1) is 11.3 Å². The van der Waals surface area contributed by atoms with Gasteiger partial charge in [0.15, 0.2) is 0 Å². The topological polar surface area (TPSA) is 67.9 Å². The molecule has 2 aromatic rings. The monoisotopic (exact) mass is 209 g/mol. The van der Waals surface area contributed by atoms with E-state index >= 15 is 0 Å². The molecule has 0 fully saturated rings. The molecule has 0 unspecified atom stereocenters. The lowest BCUT2D eigenvalue weighted by Crippen LogP contribution is -1.96. The minimum Gasteiger partial charge on any atom is -0.465 e. The highest BCUT2D eigenvalue weighted by Crippen LogP contribution is 2.22. The van der Waals surface area contributed by atoms with Crippen LogP contribution in [0.4, 0.5) is 0 Å². The Hall–Kier alpha value is -1.69. The summed E-state index contributed by atoms with van der Waals surface area (Å²) in [6, 6.07) is 0. The van der Waals surface area contributed by atoms with Crippen molar-refractivity contribution in [3.63, 3.8) is 0 Å². The lowest BCUT2D eigenvalue weighted by Gasteiger charge is -1.90. The smallest absolute Gasteiger partial charge is 0.349 e. The van der Waals surface area contributed by atoms with Gasteiger partial charge in [0.1, 0.15) is 9.88 Å². The number of carbonyl (C=O) groups is 1. The fourth-order valence-corrected chi connectivity index (χ4v) is 1.77. The zero-order chi connectivity index (χ0) is 9.97. The first-order valence-electron chi connectivity index (χ1n) is 3.84. The third-order valence-electron chi connectivity index (χ3n) is 1.62. The molecule has 2 heterocycles. The van der Waals surface area contributed by atoms with Crippen molar-refractivity contribution in [2.24, 2.45) is 0 Å².